The van der Waals surface area contributed by atoms with E-state index < -0.39 is 10.2 Å². The van der Waals surface area contributed by atoms with E-state index in [0.29, 0.717) is 33.7 Å². The minimum atomic E-state index is -0.622. The summed E-state index contributed by atoms with van der Waals surface area (Å²) in [6.07, 6.45) is 0. The maximum absolute atomic E-state index is 13.4. The fourth-order valence-corrected chi connectivity index (χ4v) is 4.69. The molecule has 0 unspecified atom stereocenters. The van der Waals surface area contributed by atoms with Crippen molar-refractivity contribution in [1.82, 2.24) is 14.8 Å². The van der Waals surface area contributed by atoms with Crippen molar-refractivity contribution in [2.75, 3.05) is 13.7 Å². The molecule has 0 fully saturated rings. The Morgan fingerprint density at radius 1 is 1.00 bits per heavy atom. The topological polar surface area (TPSA) is 92.3 Å². The van der Waals surface area contributed by atoms with Crippen LogP contribution in [0.2, 0.25) is 0 Å². The summed E-state index contributed by atoms with van der Waals surface area (Å²) in [7, 11) is 1.48. The van der Waals surface area contributed by atoms with E-state index in [4.69, 9.17) is 9.47 Å². The van der Waals surface area contributed by atoms with E-state index in [1.165, 1.54) is 43.1 Å². The molecule has 0 spiro atoms. The summed E-state index contributed by atoms with van der Waals surface area (Å²) < 4.78 is 39.6. The number of methoxy groups -OCH3 is 1. The van der Waals surface area contributed by atoms with E-state index in [0.717, 1.165) is 5.56 Å². The van der Waals surface area contributed by atoms with Gasteiger partial charge in [0, 0.05) is 10.6 Å². The van der Waals surface area contributed by atoms with Gasteiger partial charge in [-0.1, -0.05) is 30.0 Å². The number of hydrogen-bond donors (Lipinski definition) is 0. The molecule has 1 aromatic heterocycles. The van der Waals surface area contributed by atoms with Crippen molar-refractivity contribution < 1.29 is 23.2 Å². The highest BCUT2D eigenvalue weighted by molar-refractivity contribution is 7.99. The lowest BCUT2D eigenvalue weighted by Crippen LogP contribution is -2.11. The Kier molecular flexibility index (Phi) is 7.79. The van der Waals surface area contributed by atoms with Crippen molar-refractivity contribution in [1.29, 1.82) is 0 Å². The summed E-state index contributed by atoms with van der Waals surface area (Å²) >= 11 is 1.18. The third-order valence-electron chi connectivity index (χ3n) is 5.31. The summed E-state index contributed by atoms with van der Waals surface area (Å²) in [4.78, 5) is 11.1. The molecular weight excluding hydrogens is 490 g/mol. The zero-order valence-corrected chi connectivity index (χ0v) is 20.2. The van der Waals surface area contributed by atoms with Gasteiger partial charge in [0.05, 0.1) is 7.11 Å². The number of rotatable bonds is 10. The molecule has 11 heteroatoms. The number of nitro groups is 1. The third-order valence-corrected chi connectivity index (χ3v) is 6.49. The first kappa shape index (κ1) is 25.1. The second-order valence-electron chi connectivity index (χ2n) is 7.79. The van der Waals surface area contributed by atoms with Crippen LogP contribution in [0, 0.1) is 28.7 Å². The maximum Gasteiger partial charge on any atom is 0.220 e. The number of aromatic nitrogens is 3. The number of benzene rings is 3. The minimum absolute atomic E-state index is 0.198. The molecule has 0 radical (unpaired) electrons. The van der Waals surface area contributed by atoms with Crippen LogP contribution in [0.15, 0.2) is 71.9 Å². The molecule has 0 saturated heterocycles. The van der Waals surface area contributed by atoms with Gasteiger partial charge < -0.3 is 9.47 Å². The van der Waals surface area contributed by atoms with Crippen LogP contribution in [0.1, 0.15) is 22.2 Å². The molecule has 8 nitrogen and oxygen atoms in total. The molecule has 0 aliphatic rings. The summed E-state index contributed by atoms with van der Waals surface area (Å²) in [6, 6.07) is 16.9. The van der Waals surface area contributed by atoms with Gasteiger partial charge in [0.25, 0.3) is 0 Å². The van der Waals surface area contributed by atoms with E-state index in [9.17, 15) is 18.9 Å². The van der Waals surface area contributed by atoms with E-state index in [2.05, 4.69) is 10.2 Å². The first-order chi connectivity index (χ1) is 17.3. The van der Waals surface area contributed by atoms with Gasteiger partial charge in [-0.3, -0.25) is 14.7 Å². The van der Waals surface area contributed by atoms with E-state index in [-0.39, 0.29) is 24.8 Å². The van der Waals surface area contributed by atoms with Gasteiger partial charge in [0.1, 0.15) is 29.3 Å². The van der Waals surface area contributed by atoms with Gasteiger partial charge in [0.2, 0.25) is 6.54 Å². The number of nitrogens with zero attached hydrogens (tertiary/aromatic N) is 4. The number of thioether (sulfide) groups is 1. The first-order valence-corrected chi connectivity index (χ1v) is 11.7. The number of hydrogen-bond acceptors (Lipinski definition) is 7. The molecule has 0 saturated carbocycles. The van der Waals surface area contributed by atoms with Gasteiger partial charge in [-0.05, 0) is 66.6 Å². The van der Waals surface area contributed by atoms with Crippen LogP contribution >= 0.6 is 11.8 Å². The third kappa shape index (κ3) is 5.98. The molecule has 0 aliphatic heterocycles. The van der Waals surface area contributed by atoms with Crippen LogP contribution in [-0.2, 0) is 6.61 Å². The quantitative estimate of drug-likeness (QED) is 0.156. The largest absolute Gasteiger partial charge is 0.493 e. The van der Waals surface area contributed by atoms with Gasteiger partial charge in [-0.15, -0.1) is 10.2 Å². The number of aryl methyl sites for hydroxylation is 1. The lowest BCUT2D eigenvalue weighted by Gasteiger charge is -2.17. The second-order valence-corrected chi connectivity index (χ2v) is 8.96. The van der Waals surface area contributed by atoms with Crippen molar-refractivity contribution in [2.24, 2.45) is 0 Å². The SMILES string of the molecule is COc1cc([C@@H](C[N+](=O)[O-])Sc2nnc(C)n2-c2ccc(F)cc2)ccc1OCc1ccc(F)cc1. The standard InChI is InChI=1S/C25H22F2N4O4S/c1-16-28-29-25(31(16)21-10-8-20(27)9-11-21)36-24(14-30(32)33)18-5-12-22(23(13-18)34-2)35-15-17-3-6-19(26)7-4-17/h3-13,24H,14-15H2,1-2H3/t24-/m1/s1. The molecule has 0 amide bonds. The second kappa shape index (κ2) is 11.2. The van der Waals surface area contributed by atoms with Crippen LogP contribution in [-0.4, -0.2) is 33.3 Å². The van der Waals surface area contributed by atoms with Crippen LogP contribution < -0.4 is 9.47 Å². The van der Waals surface area contributed by atoms with Gasteiger partial charge in [0.15, 0.2) is 16.7 Å². The highest BCUT2D eigenvalue weighted by Crippen LogP contribution is 2.39. The van der Waals surface area contributed by atoms with Crippen molar-refractivity contribution in [3.8, 4) is 17.2 Å². The average molecular weight is 513 g/mol. The maximum atomic E-state index is 13.4. The fourth-order valence-electron chi connectivity index (χ4n) is 3.53. The highest BCUT2D eigenvalue weighted by atomic mass is 32.2. The van der Waals surface area contributed by atoms with Crippen molar-refractivity contribution in [3.05, 3.63) is 105 Å². The molecule has 1 heterocycles. The molecule has 0 bridgehead atoms. The summed E-state index contributed by atoms with van der Waals surface area (Å²) in [5, 5.41) is 19.6. The molecule has 1 atom stereocenters. The van der Waals surface area contributed by atoms with Gasteiger partial charge in [-0.25, -0.2) is 8.78 Å². The van der Waals surface area contributed by atoms with Crippen LogP contribution in [0.25, 0.3) is 5.69 Å². The molecule has 36 heavy (non-hydrogen) atoms. The van der Waals surface area contributed by atoms with Crippen molar-refractivity contribution >= 4 is 11.8 Å². The predicted molar refractivity (Wildman–Crippen MR) is 130 cm³/mol. The molecule has 0 aliphatic carbocycles. The number of ether oxygens (including phenoxy) is 2. The summed E-state index contributed by atoms with van der Waals surface area (Å²) in [5.74, 6) is 0.700. The van der Waals surface area contributed by atoms with E-state index >= 15 is 0 Å². The van der Waals surface area contributed by atoms with Crippen LogP contribution in [0.3, 0.4) is 0 Å². The molecule has 0 N–H and O–H groups in total. The monoisotopic (exact) mass is 512 g/mol. The number of halogens is 2. The van der Waals surface area contributed by atoms with Gasteiger partial charge >= 0.3 is 0 Å². The predicted octanol–water partition coefficient (Wildman–Crippen LogP) is 5.55. The van der Waals surface area contributed by atoms with Gasteiger partial charge in [-0.2, -0.15) is 0 Å². The summed E-state index contributed by atoms with van der Waals surface area (Å²) in [5.41, 5.74) is 2.05. The molecule has 4 aromatic rings. The van der Waals surface area contributed by atoms with Crippen LogP contribution in [0.5, 0.6) is 11.5 Å². The smallest absolute Gasteiger partial charge is 0.220 e. The lowest BCUT2D eigenvalue weighted by atomic mass is 10.1. The Morgan fingerprint density at radius 2 is 1.67 bits per heavy atom. The molecule has 186 valence electrons. The van der Waals surface area contributed by atoms with E-state index in [1.807, 2.05) is 0 Å². The molecular formula is C25H22F2N4O4S. The highest BCUT2D eigenvalue weighted by Gasteiger charge is 2.25. The first-order valence-electron chi connectivity index (χ1n) is 10.9. The minimum Gasteiger partial charge on any atom is -0.493 e. The normalized spacial score (nSPS) is 11.8. The lowest BCUT2D eigenvalue weighted by molar-refractivity contribution is -0.479. The summed E-state index contributed by atoms with van der Waals surface area (Å²) in [6.45, 7) is 1.57. The average Bonchev–Trinajstić information content (AvgIpc) is 3.23. The van der Waals surface area contributed by atoms with Crippen molar-refractivity contribution in [2.45, 2.75) is 23.9 Å². The Morgan fingerprint density at radius 3 is 2.31 bits per heavy atom. The van der Waals surface area contributed by atoms with Crippen LogP contribution in [0.4, 0.5) is 8.78 Å². The van der Waals surface area contributed by atoms with E-state index in [1.54, 1.807) is 54.0 Å². The molecule has 3 aromatic carbocycles. The Labute approximate surface area is 210 Å². The van der Waals surface area contributed by atoms with Crippen molar-refractivity contribution in [3.63, 3.8) is 0 Å². The fraction of sp³-hybridized carbons (Fsp3) is 0.200. The molecule has 4 rings (SSSR count). The Balaban J connectivity index is 1.59. The zero-order chi connectivity index (χ0) is 25.7. The Bertz CT molecular complexity index is 1350. The zero-order valence-electron chi connectivity index (χ0n) is 19.4. The Hall–Kier alpha value is -3.99.